The van der Waals surface area contributed by atoms with Gasteiger partial charge in [0.2, 0.25) is 5.91 Å². The summed E-state index contributed by atoms with van der Waals surface area (Å²) >= 11 is 5.68. The van der Waals surface area contributed by atoms with E-state index in [9.17, 15) is 9.59 Å². The van der Waals surface area contributed by atoms with E-state index in [4.69, 9.17) is 21.1 Å². The van der Waals surface area contributed by atoms with Crippen LogP contribution in [0.2, 0.25) is 0 Å². The third-order valence-corrected chi connectivity index (χ3v) is 4.63. The van der Waals surface area contributed by atoms with Crippen LogP contribution in [0.5, 0.6) is 0 Å². The van der Waals surface area contributed by atoms with Crippen LogP contribution in [0.25, 0.3) is 0 Å². The van der Waals surface area contributed by atoms with Gasteiger partial charge in [0.05, 0.1) is 12.3 Å². The molecule has 1 aromatic carbocycles. The van der Waals surface area contributed by atoms with Crippen LogP contribution in [0, 0.1) is 0 Å². The molecule has 0 aliphatic heterocycles. The summed E-state index contributed by atoms with van der Waals surface area (Å²) in [7, 11) is 5.60. The molecule has 0 aliphatic rings. The predicted octanol–water partition coefficient (Wildman–Crippen LogP) is 4.48. The van der Waals surface area contributed by atoms with E-state index in [1.807, 2.05) is 39.2 Å². The van der Waals surface area contributed by atoms with E-state index in [-0.39, 0.29) is 37.0 Å². The van der Waals surface area contributed by atoms with Crippen molar-refractivity contribution in [2.45, 2.75) is 46.5 Å². The average Bonchev–Trinajstić information content (AvgIpc) is 2.78. The third kappa shape index (κ3) is 13.1. The Balaban J connectivity index is 0. The number of hydrogen-bond donors (Lipinski definition) is 1. The summed E-state index contributed by atoms with van der Waals surface area (Å²) in [5.41, 5.74) is 3.24. The Morgan fingerprint density at radius 3 is 2.12 bits per heavy atom. The fourth-order valence-electron chi connectivity index (χ4n) is 2.86. The molecule has 0 bridgehead atoms. The summed E-state index contributed by atoms with van der Waals surface area (Å²) in [6, 6.07) is 6.11. The second-order valence-corrected chi connectivity index (χ2v) is 7.49. The molecule has 0 spiro atoms. The van der Waals surface area contributed by atoms with Crippen LogP contribution in [0.3, 0.4) is 0 Å². The van der Waals surface area contributed by atoms with Crippen molar-refractivity contribution in [1.29, 1.82) is 0 Å². The number of hydrogen-bond acceptors (Lipinski definition) is 5. The highest BCUT2D eigenvalue weighted by molar-refractivity contribution is 6.29. The first-order valence-electron chi connectivity index (χ1n) is 10.9. The van der Waals surface area contributed by atoms with Crippen molar-refractivity contribution in [2.24, 2.45) is 0 Å². The van der Waals surface area contributed by atoms with Crippen LogP contribution in [0.1, 0.15) is 44.7 Å². The SMILES string of the molecule is CCCOC(=O)NCCCN(C)C.CCc1cccc(CC)c1N(COC)C(=O)CCl.Cl. The standard InChI is InChI=1S/C14H20ClNO2.C9H20N2O2.ClH/c1-4-11-7-6-8-12(5-2)14(11)16(10-18-3)13(17)9-15;1-4-8-13-9(12)10-6-5-7-11(2)3;/h6-8H,4-5,9-10H2,1-3H3;4-8H2,1-3H3,(H,10,12);1H. The van der Waals surface area contributed by atoms with E-state index in [1.54, 1.807) is 12.0 Å². The Morgan fingerprint density at radius 1 is 1.09 bits per heavy atom. The first-order chi connectivity index (χ1) is 14.9. The van der Waals surface area contributed by atoms with Gasteiger partial charge >= 0.3 is 6.09 Å². The fraction of sp³-hybridized carbons (Fsp3) is 0.652. The molecule has 2 amide bonds. The van der Waals surface area contributed by atoms with Crippen LogP contribution in [0.4, 0.5) is 10.5 Å². The number of nitrogens with zero attached hydrogens (tertiary/aromatic N) is 2. The van der Waals surface area contributed by atoms with Crippen molar-refractivity contribution in [1.82, 2.24) is 10.2 Å². The van der Waals surface area contributed by atoms with Crippen molar-refractivity contribution in [2.75, 3.05) is 58.4 Å². The maximum Gasteiger partial charge on any atom is 0.407 e. The van der Waals surface area contributed by atoms with Gasteiger partial charge in [-0.15, -0.1) is 24.0 Å². The maximum atomic E-state index is 12.0. The molecule has 0 aliphatic carbocycles. The molecule has 1 rings (SSSR count). The molecule has 0 atom stereocenters. The number of carbonyl (C=O) groups is 2. The number of rotatable bonds is 12. The van der Waals surface area contributed by atoms with Gasteiger partial charge in [0.25, 0.3) is 0 Å². The number of benzene rings is 1. The summed E-state index contributed by atoms with van der Waals surface area (Å²) in [6.07, 6.45) is 3.26. The topological polar surface area (TPSA) is 71.1 Å². The van der Waals surface area contributed by atoms with Crippen molar-refractivity contribution in [3.05, 3.63) is 29.3 Å². The van der Waals surface area contributed by atoms with Crippen molar-refractivity contribution in [3.8, 4) is 0 Å². The minimum Gasteiger partial charge on any atom is -0.450 e. The molecule has 0 unspecified atom stereocenters. The fourth-order valence-corrected chi connectivity index (χ4v) is 3.00. The molecule has 1 N–H and O–H groups in total. The molecule has 186 valence electrons. The molecule has 7 nitrogen and oxygen atoms in total. The van der Waals surface area contributed by atoms with E-state index in [0.717, 1.165) is 49.0 Å². The molecular weight excluding hydrogens is 453 g/mol. The highest BCUT2D eigenvalue weighted by Crippen LogP contribution is 2.27. The second-order valence-electron chi connectivity index (χ2n) is 7.22. The van der Waals surface area contributed by atoms with Gasteiger partial charge in [-0.2, -0.15) is 0 Å². The Kier molecular flexibility index (Phi) is 20.5. The lowest BCUT2D eigenvalue weighted by Crippen LogP contribution is -2.35. The van der Waals surface area contributed by atoms with Crippen LogP contribution < -0.4 is 10.2 Å². The van der Waals surface area contributed by atoms with Crippen molar-refractivity contribution >= 4 is 41.7 Å². The Labute approximate surface area is 205 Å². The largest absolute Gasteiger partial charge is 0.450 e. The molecule has 0 heterocycles. The highest BCUT2D eigenvalue weighted by Gasteiger charge is 2.19. The number of para-hydroxylation sites is 1. The van der Waals surface area contributed by atoms with Gasteiger partial charge in [-0.05, 0) is 57.5 Å². The van der Waals surface area contributed by atoms with E-state index in [2.05, 4.69) is 24.1 Å². The lowest BCUT2D eigenvalue weighted by atomic mass is 10.0. The number of anilines is 1. The van der Waals surface area contributed by atoms with Crippen LogP contribution in [-0.4, -0.2) is 70.4 Å². The lowest BCUT2D eigenvalue weighted by Gasteiger charge is -2.26. The van der Waals surface area contributed by atoms with Gasteiger partial charge in [0.15, 0.2) is 0 Å². The number of halogens is 2. The lowest BCUT2D eigenvalue weighted by molar-refractivity contribution is -0.117. The number of aryl methyl sites for hydroxylation is 2. The molecule has 0 aromatic heterocycles. The maximum absolute atomic E-state index is 12.0. The highest BCUT2D eigenvalue weighted by atomic mass is 35.5. The first-order valence-corrected chi connectivity index (χ1v) is 11.4. The van der Waals surface area contributed by atoms with E-state index in [1.165, 1.54) is 0 Å². The third-order valence-electron chi connectivity index (χ3n) is 4.40. The quantitative estimate of drug-likeness (QED) is 0.264. The van der Waals surface area contributed by atoms with Crippen LogP contribution in [0.15, 0.2) is 18.2 Å². The Hall–Kier alpha value is -1.54. The van der Waals surface area contributed by atoms with Gasteiger partial charge in [-0.25, -0.2) is 4.79 Å². The monoisotopic (exact) mass is 493 g/mol. The number of methoxy groups -OCH3 is 1. The van der Waals surface area contributed by atoms with Gasteiger partial charge in [-0.1, -0.05) is 39.0 Å². The Bertz CT molecular complexity index is 623. The molecule has 0 saturated carbocycles. The summed E-state index contributed by atoms with van der Waals surface area (Å²) in [5.74, 6) is -0.168. The minimum absolute atomic E-state index is 0. The van der Waals surface area contributed by atoms with Gasteiger partial charge < -0.3 is 19.7 Å². The molecule has 0 fully saturated rings. The van der Waals surface area contributed by atoms with Gasteiger partial charge in [0.1, 0.15) is 12.6 Å². The zero-order chi connectivity index (χ0) is 23.6. The number of alkyl carbamates (subject to hydrolysis) is 1. The smallest absolute Gasteiger partial charge is 0.407 e. The number of alkyl halides is 1. The van der Waals surface area contributed by atoms with Crippen molar-refractivity contribution in [3.63, 3.8) is 0 Å². The summed E-state index contributed by atoms with van der Waals surface area (Å²) in [5, 5.41) is 2.68. The predicted molar refractivity (Wildman–Crippen MR) is 135 cm³/mol. The number of carbonyl (C=O) groups excluding carboxylic acids is 2. The summed E-state index contributed by atoms with van der Waals surface area (Å²) in [4.78, 5) is 26.6. The van der Waals surface area contributed by atoms with E-state index < -0.39 is 0 Å². The average molecular weight is 495 g/mol. The first kappa shape index (κ1) is 32.6. The second kappa shape index (κ2) is 20.1. The van der Waals surface area contributed by atoms with Gasteiger partial charge in [0, 0.05) is 13.7 Å². The van der Waals surface area contributed by atoms with Gasteiger partial charge in [-0.3, -0.25) is 9.69 Å². The number of ether oxygens (including phenoxy) is 2. The normalized spacial score (nSPS) is 10.0. The molecular formula is C23H41Cl2N3O4. The number of nitrogens with one attached hydrogen (secondary N) is 1. The van der Waals surface area contributed by atoms with Crippen molar-refractivity contribution < 1.29 is 19.1 Å². The summed E-state index contributed by atoms with van der Waals surface area (Å²) < 4.78 is 9.96. The minimum atomic E-state index is -0.305. The zero-order valence-corrected chi connectivity index (χ0v) is 22.0. The molecule has 0 radical (unpaired) electrons. The molecule has 32 heavy (non-hydrogen) atoms. The Morgan fingerprint density at radius 2 is 1.69 bits per heavy atom. The molecule has 1 aromatic rings. The van der Waals surface area contributed by atoms with E-state index in [0.29, 0.717) is 13.2 Å². The summed E-state index contributed by atoms with van der Waals surface area (Å²) in [6.45, 7) is 8.52. The van der Waals surface area contributed by atoms with Crippen LogP contribution in [-0.2, 0) is 27.1 Å². The molecule has 0 saturated heterocycles. The van der Waals surface area contributed by atoms with Crippen LogP contribution >= 0.6 is 24.0 Å². The zero-order valence-electron chi connectivity index (χ0n) is 20.4. The number of amides is 2. The molecule has 9 heteroatoms. The van der Waals surface area contributed by atoms with E-state index >= 15 is 0 Å².